The lowest BCUT2D eigenvalue weighted by atomic mass is 10.0. The van der Waals surface area contributed by atoms with Gasteiger partial charge in [0.25, 0.3) is 0 Å². The number of hydrogen-bond donors (Lipinski definition) is 3. The summed E-state index contributed by atoms with van der Waals surface area (Å²) < 4.78 is 1.79. The first-order valence-corrected chi connectivity index (χ1v) is 6.85. The van der Waals surface area contributed by atoms with Crippen LogP contribution in [-0.4, -0.2) is 44.8 Å². The highest BCUT2D eigenvalue weighted by molar-refractivity contribution is 6.19. The standard InChI is InChI=1S/C15H15N3O4/c1-16-9-5-8-3-2-4-11-13(8)18(7-9)14(17-11)10(15(21)22)6-12(19)20/h2-4,6,9,16H,5,7H2,1H3,(H,19,20)(H,21,22)/t9-/m1/s1. The highest BCUT2D eigenvalue weighted by Gasteiger charge is 2.27. The molecule has 2 aromatic rings. The summed E-state index contributed by atoms with van der Waals surface area (Å²) in [5.41, 5.74) is 2.31. The molecule has 0 bridgehead atoms. The molecular formula is C15H15N3O4. The first-order valence-electron chi connectivity index (χ1n) is 6.85. The van der Waals surface area contributed by atoms with Gasteiger partial charge in [-0.25, -0.2) is 14.6 Å². The van der Waals surface area contributed by atoms with Crippen molar-refractivity contribution >= 4 is 28.5 Å². The Labute approximate surface area is 125 Å². The smallest absolute Gasteiger partial charge is 0.339 e. The summed E-state index contributed by atoms with van der Waals surface area (Å²) in [6, 6.07) is 5.80. The van der Waals surface area contributed by atoms with E-state index in [9.17, 15) is 14.7 Å². The van der Waals surface area contributed by atoms with E-state index in [2.05, 4.69) is 10.3 Å². The number of rotatable bonds is 4. The van der Waals surface area contributed by atoms with Crippen molar-refractivity contribution in [2.75, 3.05) is 7.05 Å². The van der Waals surface area contributed by atoms with Crippen molar-refractivity contribution in [3.8, 4) is 0 Å². The van der Waals surface area contributed by atoms with Gasteiger partial charge in [-0.3, -0.25) is 0 Å². The predicted molar refractivity (Wildman–Crippen MR) is 79.5 cm³/mol. The van der Waals surface area contributed by atoms with E-state index in [0.29, 0.717) is 18.1 Å². The molecule has 0 amide bonds. The normalized spacial score (nSPS) is 17.7. The first-order chi connectivity index (χ1) is 10.5. The number of para-hydroxylation sites is 1. The van der Waals surface area contributed by atoms with Gasteiger partial charge in [-0.15, -0.1) is 0 Å². The maximum atomic E-state index is 11.4. The number of hydrogen-bond acceptors (Lipinski definition) is 4. The fraction of sp³-hybridized carbons (Fsp3) is 0.267. The van der Waals surface area contributed by atoms with E-state index in [1.807, 2.05) is 19.2 Å². The second-order valence-electron chi connectivity index (χ2n) is 5.22. The largest absolute Gasteiger partial charge is 0.478 e. The molecule has 0 aliphatic carbocycles. The minimum Gasteiger partial charge on any atom is -0.478 e. The monoisotopic (exact) mass is 301 g/mol. The van der Waals surface area contributed by atoms with Gasteiger partial charge in [0.2, 0.25) is 0 Å². The molecule has 7 nitrogen and oxygen atoms in total. The van der Waals surface area contributed by atoms with Crippen LogP contribution in [0.3, 0.4) is 0 Å². The number of aliphatic carboxylic acids is 2. The van der Waals surface area contributed by atoms with Crippen LogP contribution in [0.5, 0.6) is 0 Å². The lowest BCUT2D eigenvalue weighted by molar-refractivity contribution is -0.133. The zero-order valence-electron chi connectivity index (χ0n) is 11.9. The highest BCUT2D eigenvalue weighted by atomic mass is 16.4. The molecular weight excluding hydrogens is 286 g/mol. The number of aromatic nitrogens is 2. The van der Waals surface area contributed by atoms with Gasteiger partial charge in [-0.05, 0) is 25.1 Å². The summed E-state index contributed by atoms with van der Waals surface area (Å²) in [7, 11) is 1.84. The summed E-state index contributed by atoms with van der Waals surface area (Å²) >= 11 is 0. The molecule has 1 aromatic carbocycles. The molecule has 2 heterocycles. The Balaban J connectivity index is 2.26. The van der Waals surface area contributed by atoms with Crippen molar-refractivity contribution in [1.82, 2.24) is 14.9 Å². The van der Waals surface area contributed by atoms with Gasteiger partial charge in [0.1, 0.15) is 11.4 Å². The van der Waals surface area contributed by atoms with E-state index in [-0.39, 0.29) is 17.4 Å². The minimum absolute atomic E-state index is 0.144. The second kappa shape index (κ2) is 5.27. The SMILES string of the molecule is CN[C@@H]1Cc2cccc3nc(C(=CC(=O)O)C(=O)O)n(c23)C1. The van der Waals surface area contributed by atoms with Crippen LogP contribution >= 0.6 is 0 Å². The number of imidazole rings is 1. The van der Waals surface area contributed by atoms with Gasteiger partial charge in [0.15, 0.2) is 0 Å². The number of carbonyl (C=O) groups is 2. The fourth-order valence-electron chi connectivity index (χ4n) is 2.90. The summed E-state index contributed by atoms with van der Waals surface area (Å²) in [4.78, 5) is 26.7. The van der Waals surface area contributed by atoms with Crippen LogP contribution in [0.15, 0.2) is 24.3 Å². The lowest BCUT2D eigenvalue weighted by Gasteiger charge is -2.25. The van der Waals surface area contributed by atoms with Crippen LogP contribution in [0.25, 0.3) is 16.6 Å². The van der Waals surface area contributed by atoms with E-state index < -0.39 is 11.9 Å². The quantitative estimate of drug-likeness (QED) is 0.719. The molecule has 22 heavy (non-hydrogen) atoms. The Kier molecular flexibility index (Phi) is 3.42. The van der Waals surface area contributed by atoms with Crippen LogP contribution < -0.4 is 5.32 Å². The molecule has 0 saturated heterocycles. The molecule has 0 saturated carbocycles. The maximum absolute atomic E-state index is 11.4. The van der Waals surface area contributed by atoms with E-state index in [4.69, 9.17) is 5.11 Å². The van der Waals surface area contributed by atoms with Crippen LogP contribution in [0.2, 0.25) is 0 Å². The lowest BCUT2D eigenvalue weighted by Crippen LogP contribution is -2.35. The summed E-state index contributed by atoms with van der Waals surface area (Å²) in [5.74, 6) is -2.43. The second-order valence-corrected chi connectivity index (χ2v) is 5.22. The third-order valence-corrected chi connectivity index (χ3v) is 3.87. The summed E-state index contributed by atoms with van der Waals surface area (Å²) in [6.45, 7) is 0.545. The average molecular weight is 301 g/mol. The fourth-order valence-corrected chi connectivity index (χ4v) is 2.90. The molecule has 1 aliphatic heterocycles. The number of benzene rings is 1. The molecule has 3 N–H and O–H groups in total. The van der Waals surface area contributed by atoms with Crippen molar-refractivity contribution in [2.45, 2.75) is 19.0 Å². The van der Waals surface area contributed by atoms with Crippen molar-refractivity contribution in [3.63, 3.8) is 0 Å². The average Bonchev–Trinajstić information content (AvgIpc) is 2.84. The zero-order valence-corrected chi connectivity index (χ0v) is 11.9. The van der Waals surface area contributed by atoms with Gasteiger partial charge in [-0.1, -0.05) is 12.1 Å². The number of likely N-dealkylation sites (N-methyl/N-ethyl adjacent to an activating group) is 1. The molecule has 0 unspecified atom stereocenters. The van der Waals surface area contributed by atoms with Gasteiger partial charge < -0.3 is 20.1 Å². The number of carboxylic acids is 2. The summed E-state index contributed by atoms with van der Waals surface area (Å²) in [6.07, 6.45) is 1.51. The van der Waals surface area contributed by atoms with E-state index in [1.54, 1.807) is 10.6 Å². The predicted octanol–water partition coefficient (Wildman–Crippen LogP) is 0.733. The molecule has 1 aromatic heterocycles. The number of nitrogens with one attached hydrogen (secondary N) is 1. The van der Waals surface area contributed by atoms with E-state index in [1.165, 1.54) is 0 Å². The Morgan fingerprint density at radius 2 is 2.18 bits per heavy atom. The van der Waals surface area contributed by atoms with Crippen LogP contribution in [0.4, 0.5) is 0 Å². The van der Waals surface area contributed by atoms with Gasteiger partial charge in [0.05, 0.1) is 11.0 Å². The molecule has 1 atom stereocenters. The van der Waals surface area contributed by atoms with Crippen molar-refractivity contribution < 1.29 is 19.8 Å². The maximum Gasteiger partial charge on any atom is 0.339 e. The third kappa shape index (κ3) is 2.25. The molecule has 0 radical (unpaired) electrons. The molecule has 1 aliphatic rings. The Hall–Kier alpha value is -2.67. The van der Waals surface area contributed by atoms with Crippen LogP contribution in [0, 0.1) is 0 Å². The minimum atomic E-state index is -1.31. The number of nitrogens with zero attached hydrogens (tertiary/aromatic N) is 2. The van der Waals surface area contributed by atoms with E-state index in [0.717, 1.165) is 17.5 Å². The first kappa shape index (κ1) is 14.3. The molecule has 0 spiro atoms. The van der Waals surface area contributed by atoms with E-state index >= 15 is 0 Å². The summed E-state index contributed by atoms with van der Waals surface area (Å²) in [5, 5.41) is 21.4. The van der Waals surface area contributed by atoms with Gasteiger partial charge in [-0.2, -0.15) is 0 Å². The molecule has 7 heteroatoms. The van der Waals surface area contributed by atoms with Gasteiger partial charge in [0, 0.05) is 18.7 Å². The third-order valence-electron chi connectivity index (χ3n) is 3.87. The van der Waals surface area contributed by atoms with Crippen molar-refractivity contribution in [1.29, 1.82) is 0 Å². The zero-order chi connectivity index (χ0) is 15.9. The topological polar surface area (TPSA) is 104 Å². The molecule has 0 fully saturated rings. The Morgan fingerprint density at radius 3 is 2.82 bits per heavy atom. The molecule has 114 valence electrons. The van der Waals surface area contributed by atoms with Gasteiger partial charge >= 0.3 is 11.9 Å². The van der Waals surface area contributed by atoms with Crippen LogP contribution in [0.1, 0.15) is 11.4 Å². The molecule has 3 rings (SSSR count). The Bertz CT molecular complexity index is 806. The highest BCUT2D eigenvalue weighted by Crippen LogP contribution is 2.29. The Morgan fingerprint density at radius 1 is 1.41 bits per heavy atom. The van der Waals surface area contributed by atoms with Crippen molar-refractivity contribution in [2.24, 2.45) is 0 Å². The van der Waals surface area contributed by atoms with Crippen molar-refractivity contribution in [3.05, 3.63) is 35.7 Å². The number of carboxylic acid groups (broad SMARTS) is 2. The van der Waals surface area contributed by atoms with Crippen LogP contribution in [-0.2, 0) is 22.6 Å².